The number of pyridine rings is 1. The van der Waals surface area contributed by atoms with Crippen LogP contribution in [0.15, 0.2) is 83.7 Å². The average molecular weight is 485 g/mol. The lowest BCUT2D eigenvalue weighted by Gasteiger charge is -2.19. The van der Waals surface area contributed by atoms with E-state index in [-0.39, 0.29) is 30.2 Å². The van der Waals surface area contributed by atoms with E-state index < -0.39 is 0 Å². The molecule has 3 aromatic carbocycles. The number of likely N-dealkylation sites (N-methyl/N-ethyl adjacent to an activating group) is 1. The van der Waals surface area contributed by atoms with Crippen LogP contribution in [0.3, 0.4) is 0 Å². The molecule has 0 fully saturated rings. The molecule has 0 saturated heterocycles. The fraction of sp³-hybridized carbons (Fsp3) is 0.138. The van der Waals surface area contributed by atoms with Crippen LogP contribution in [0.1, 0.15) is 35.0 Å². The van der Waals surface area contributed by atoms with Crippen LogP contribution < -0.4 is 10.9 Å². The Morgan fingerprint density at radius 2 is 1.74 bits per heavy atom. The van der Waals surface area contributed by atoms with Crippen molar-refractivity contribution in [3.63, 3.8) is 0 Å². The first-order chi connectivity index (χ1) is 16.9. The zero-order valence-electron chi connectivity index (χ0n) is 19.5. The molecule has 4 aromatic rings. The minimum atomic E-state index is -0.251. The van der Waals surface area contributed by atoms with Crippen molar-refractivity contribution < 1.29 is 9.59 Å². The lowest BCUT2D eigenvalue weighted by molar-refractivity contribution is -0.115. The van der Waals surface area contributed by atoms with Crippen molar-refractivity contribution in [1.82, 2.24) is 9.88 Å². The fourth-order valence-corrected chi connectivity index (χ4v) is 4.33. The number of nitrogens with zero attached hydrogens (tertiary/aromatic N) is 1. The molecule has 0 aliphatic carbocycles. The highest BCUT2D eigenvalue weighted by Crippen LogP contribution is 2.33. The lowest BCUT2D eigenvalue weighted by atomic mass is 9.94. The Hall–Kier alpha value is -3.96. The largest absolute Gasteiger partial charge is 0.356 e. The molecule has 0 atom stereocenters. The summed E-state index contributed by atoms with van der Waals surface area (Å²) >= 11 is 6.32. The number of ketones is 1. The molecule has 0 aliphatic heterocycles. The van der Waals surface area contributed by atoms with Gasteiger partial charge in [-0.05, 0) is 52.4 Å². The standard InChI is InChI=1S/C29H25ClN2O3/c1-3-25(33)28-27(21-10-5-4-6-11-21)24-17-22(30)13-14-23(24)29(35)32(28)18-20-9-7-8-19(16-20)12-15-26(34)31-2/h4-17H,3,18H2,1-2H3,(H,31,34)/b15-12+. The maximum Gasteiger partial charge on any atom is 0.259 e. The summed E-state index contributed by atoms with van der Waals surface area (Å²) in [6, 6.07) is 22.3. The van der Waals surface area contributed by atoms with Gasteiger partial charge in [-0.15, -0.1) is 0 Å². The van der Waals surface area contributed by atoms with Crippen LogP contribution in [-0.2, 0) is 11.3 Å². The van der Waals surface area contributed by atoms with Gasteiger partial charge in [0.15, 0.2) is 5.78 Å². The van der Waals surface area contributed by atoms with Crippen molar-refractivity contribution in [2.24, 2.45) is 0 Å². The van der Waals surface area contributed by atoms with Gasteiger partial charge >= 0.3 is 0 Å². The predicted octanol–water partition coefficient (Wildman–Crippen LogP) is 5.72. The molecule has 0 bridgehead atoms. The van der Waals surface area contributed by atoms with E-state index in [1.165, 1.54) is 6.08 Å². The third kappa shape index (κ3) is 5.10. The summed E-state index contributed by atoms with van der Waals surface area (Å²) < 4.78 is 1.56. The normalized spacial score (nSPS) is 11.2. The van der Waals surface area contributed by atoms with Crippen molar-refractivity contribution in [2.75, 3.05) is 7.05 Å². The molecule has 1 N–H and O–H groups in total. The van der Waals surface area contributed by atoms with Crippen LogP contribution in [0.4, 0.5) is 0 Å². The Kier molecular flexibility index (Phi) is 7.28. The monoisotopic (exact) mass is 484 g/mol. The van der Waals surface area contributed by atoms with Gasteiger partial charge in [-0.3, -0.25) is 19.0 Å². The topological polar surface area (TPSA) is 68.2 Å². The van der Waals surface area contributed by atoms with Crippen LogP contribution in [0.2, 0.25) is 5.02 Å². The van der Waals surface area contributed by atoms with Gasteiger partial charge < -0.3 is 5.32 Å². The van der Waals surface area contributed by atoms with E-state index in [0.717, 1.165) is 16.7 Å². The summed E-state index contributed by atoms with van der Waals surface area (Å²) in [5.41, 5.74) is 3.31. The van der Waals surface area contributed by atoms with Crippen molar-refractivity contribution in [3.05, 3.63) is 111 Å². The van der Waals surface area contributed by atoms with E-state index in [4.69, 9.17) is 11.6 Å². The highest BCUT2D eigenvalue weighted by atomic mass is 35.5. The number of carbonyl (C=O) groups excluding carboxylic acids is 2. The van der Waals surface area contributed by atoms with Gasteiger partial charge in [0, 0.05) is 35.5 Å². The number of Topliss-reactive ketones (excluding diaryl/α,β-unsaturated/α-hetero) is 1. The predicted molar refractivity (Wildman–Crippen MR) is 142 cm³/mol. The van der Waals surface area contributed by atoms with Crippen molar-refractivity contribution >= 4 is 40.1 Å². The van der Waals surface area contributed by atoms with Gasteiger partial charge in [-0.1, -0.05) is 67.1 Å². The van der Waals surface area contributed by atoms with Crippen molar-refractivity contribution in [3.8, 4) is 11.1 Å². The first kappa shape index (κ1) is 24.2. The number of benzene rings is 3. The number of nitrogens with one attached hydrogen (secondary N) is 1. The molecule has 0 unspecified atom stereocenters. The molecule has 0 saturated carbocycles. The number of amides is 1. The number of rotatable bonds is 7. The Morgan fingerprint density at radius 1 is 0.971 bits per heavy atom. The molecule has 35 heavy (non-hydrogen) atoms. The Bertz CT molecular complexity index is 1500. The van der Waals surface area contributed by atoms with Crippen molar-refractivity contribution in [1.29, 1.82) is 0 Å². The number of fused-ring (bicyclic) bond motifs is 1. The Morgan fingerprint density at radius 3 is 2.46 bits per heavy atom. The van der Waals surface area contributed by atoms with Crippen molar-refractivity contribution in [2.45, 2.75) is 19.9 Å². The van der Waals surface area contributed by atoms with Crippen LogP contribution >= 0.6 is 11.6 Å². The summed E-state index contributed by atoms with van der Waals surface area (Å²) in [4.78, 5) is 38.6. The van der Waals surface area contributed by atoms with E-state index in [2.05, 4.69) is 5.32 Å². The highest BCUT2D eigenvalue weighted by molar-refractivity contribution is 6.31. The molecule has 6 heteroatoms. The summed E-state index contributed by atoms with van der Waals surface area (Å²) in [5, 5.41) is 4.20. The van der Waals surface area contributed by atoms with Crippen LogP contribution in [0.25, 0.3) is 28.0 Å². The molecule has 176 valence electrons. The summed E-state index contributed by atoms with van der Waals surface area (Å²) in [5.74, 6) is -0.332. The maximum atomic E-state index is 13.7. The fourth-order valence-electron chi connectivity index (χ4n) is 4.16. The number of hydrogen-bond acceptors (Lipinski definition) is 3. The number of hydrogen-bond donors (Lipinski definition) is 1. The first-order valence-corrected chi connectivity index (χ1v) is 11.7. The van der Waals surface area contributed by atoms with Crippen LogP contribution in [0.5, 0.6) is 0 Å². The molecule has 1 amide bonds. The third-order valence-corrected chi connectivity index (χ3v) is 6.08. The summed E-state index contributed by atoms with van der Waals surface area (Å²) in [7, 11) is 1.57. The molecule has 5 nitrogen and oxygen atoms in total. The van der Waals surface area contributed by atoms with Crippen LogP contribution in [0, 0.1) is 0 Å². The van der Waals surface area contributed by atoms with Gasteiger partial charge in [-0.2, -0.15) is 0 Å². The molecule has 0 spiro atoms. The Balaban J connectivity index is 1.97. The summed E-state index contributed by atoms with van der Waals surface area (Å²) in [6.45, 7) is 2.00. The van der Waals surface area contributed by atoms with Gasteiger partial charge in [0.2, 0.25) is 5.91 Å². The average Bonchev–Trinajstić information content (AvgIpc) is 2.88. The smallest absolute Gasteiger partial charge is 0.259 e. The molecule has 1 heterocycles. The maximum absolute atomic E-state index is 13.7. The minimum absolute atomic E-state index is 0.126. The molecule has 1 aromatic heterocycles. The SMILES string of the molecule is CCC(=O)c1c(-c2ccccc2)c2cc(Cl)ccc2c(=O)n1Cc1cccc(/C=C/C(=O)NC)c1. The zero-order valence-corrected chi connectivity index (χ0v) is 20.3. The number of aromatic nitrogens is 1. The molecular formula is C29H25ClN2O3. The number of halogens is 1. The van der Waals surface area contributed by atoms with Gasteiger partial charge in [0.05, 0.1) is 12.2 Å². The van der Waals surface area contributed by atoms with E-state index in [9.17, 15) is 14.4 Å². The zero-order chi connectivity index (χ0) is 24.9. The molecular weight excluding hydrogens is 460 g/mol. The van der Waals surface area contributed by atoms with Crippen LogP contribution in [-0.4, -0.2) is 23.3 Å². The van der Waals surface area contributed by atoms with Gasteiger partial charge in [-0.25, -0.2) is 0 Å². The lowest BCUT2D eigenvalue weighted by Crippen LogP contribution is -2.28. The minimum Gasteiger partial charge on any atom is -0.356 e. The first-order valence-electron chi connectivity index (χ1n) is 11.4. The second-order valence-electron chi connectivity index (χ2n) is 8.14. The quantitative estimate of drug-likeness (QED) is 0.269. The summed E-state index contributed by atoms with van der Waals surface area (Å²) in [6.07, 6.45) is 3.41. The van der Waals surface area contributed by atoms with E-state index in [1.807, 2.05) is 54.6 Å². The Labute approximate surface area is 208 Å². The number of carbonyl (C=O) groups is 2. The van der Waals surface area contributed by atoms with E-state index in [0.29, 0.717) is 27.1 Å². The molecule has 0 radical (unpaired) electrons. The highest BCUT2D eigenvalue weighted by Gasteiger charge is 2.22. The third-order valence-electron chi connectivity index (χ3n) is 5.85. The molecule has 0 aliphatic rings. The van der Waals surface area contributed by atoms with Gasteiger partial charge in [0.25, 0.3) is 5.56 Å². The second kappa shape index (κ2) is 10.5. The van der Waals surface area contributed by atoms with E-state index in [1.54, 1.807) is 42.8 Å². The van der Waals surface area contributed by atoms with Gasteiger partial charge in [0.1, 0.15) is 0 Å². The second-order valence-corrected chi connectivity index (χ2v) is 8.58. The van der Waals surface area contributed by atoms with E-state index >= 15 is 0 Å². The molecule has 4 rings (SSSR count).